The van der Waals surface area contributed by atoms with Crippen molar-refractivity contribution in [3.63, 3.8) is 0 Å². The van der Waals surface area contributed by atoms with Crippen LogP contribution in [0.4, 0.5) is 11.5 Å². The normalized spacial score (nSPS) is 9.60. The molecule has 2 aromatic rings. The molecule has 0 aliphatic carbocycles. The van der Waals surface area contributed by atoms with Crippen molar-refractivity contribution in [1.29, 1.82) is 5.26 Å². The van der Waals surface area contributed by atoms with Gasteiger partial charge in [0.1, 0.15) is 10.9 Å². The highest BCUT2D eigenvalue weighted by Gasteiger charge is 2.04. The molecule has 0 radical (unpaired) electrons. The highest BCUT2D eigenvalue weighted by atomic mass is 32.1. The first-order valence-electron chi connectivity index (χ1n) is 4.47. The molecule has 1 N–H and O–H groups in total. The van der Waals surface area contributed by atoms with Gasteiger partial charge in [-0.1, -0.05) is 17.7 Å². The zero-order valence-corrected chi connectivity index (χ0v) is 9.01. The van der Waals surface area contributed by atoms with Gasteiger partial charge < -0.3 is 5.32 Å². The Hall–Kier alpha value is -1.86. The number of rotatable bonds is 2. The molecule has 15 heavy (non-hydrogen) atoms. The van der Waals surface area contributed by atoms with Crippen molar-refractivity contribution in [1.82, 2.24) is 4.98 Å². The van der Waals surface area contributed by atoms with Gasteiger partial charge in [-0.05, 0) is 19.1 Å². The molecule has 1 heterocycles. The van der Waals surface area contributed by atoms with E-state index in [9.17, 15) is 0 Å². The van der Waals surface area contributed by atoms with Gasteiger partial charge >= 0.3 is 0 Å². The van der Waals surface area contributed by atoms with Crippen LogP contribution in [-0.2, 0) is 0 Å². The molecule has 0 bridgehead atoms. The predicted octanol–water partition coefficient (Wildman–Crippen LogP) is 3.07. The third kappa shape index (κ3) is 2.14. The first kappa shape index (κ1) is 9.69. The highest BCUT2D eigenvalue weighted by Crippen LogP contribution is 2.21. The summed E-state index contributed by atoms with van der Waals surface area (Å²) in [4.78, 5) is 4.70. The number of hydrogen-bond donors (Lipinski definition) is 1. The molecule has 0 amide bonds. The summed E-state index contributed by atoms with van der Waals surface area (Å²) < 4.78 is 0. The van der Waals surface area contributed by atoms with E-state index in [1.807, 2.05) is 31.2 Å². The molecule has 4 heteroatoms. The quantitative estimate of drug-likeness (QED) is 0.837. The molecule has 0 aliphatic heterocycles. The van der Waals surface area contributed by atoms with Crippen LogP contribution in [0.3, 0.4) is 0 Å². The second-order valence-electron chi connectivity index (χ2n) is 3.13. The molecule has 1 aromatic carbocycles. The molecule has 0 fully saturated rings. The maximum atomic E-state index is 8.81. The van der Waals surface area contributed by atoms with Gasteiger partial charge in [0, 0.05) is 5.69 Å². The zero-order chi connectivity index (χ0) is 10.7. The van der Waals surface area contributed by atoms with Gasteiger partial charge in [0.2, 0.25) is 0 Å². The van der Waals surface area contributed by atoms with Gasteiger partial charge in [0.25, 0.3) is 0 Å². The van der Waals surface area contributed by atoms with E-state index in [1.165, 1.54) is 16.9 Å². The third-order valence-corrected chi connectivity index (χ3v) is 2.71. The summed E-state index contributed by atoms with van der Waals surface area (Å²) in [5.41, 5.74) is 3.82. The van der Waals surface area contributed by atoms with Crippen molar-refractivity contribution >= 4 is 22.8 Å². The minimum absolute atomic E-state index is 0.607. The molecule has 74 valence electrons. The molecule has 0 unspecified atom stereocenters. The van der Waals surface area contributed by atoms with Crippen molar-refractivity contribution in [2.24, 2.45) is 0 Å². The van der Waals surface area contributed by atoms with Gasteiger partial charge in [-0.25, -0.2) is 4.98 Å². The molecule has 1 aromatic heterocycles. The minimum atomic E-state index is 0.607. The van der Waals surface area contributed by atoms with Gasteiger partial charge in [-0.15, -0.1) is 11.3 Å². The minimum Gasteiger partial charge on any atom is -0.338 e. The van der Waals surface area contributed by atoms with E-state index in [-0.39, 0.29) is 0 Å². The Labute approximate surface area is 92.0 Å². The number of nitriles is 1. The van der Waals surface area contributed by atoms with Crippen molar-refractivity contribution in [3.05, 3.63) is 40.2 Å². The molecule has 0 saturated carbocycles. The Morgan fingerprint density at radius 1 is 1.33 bits per heavy atom. The Kier molecular flexibility index (Phi) is 2.66. The molecule has 0 atom stereocenters. The topological polar surface area (TPSA) is 48.7 Å². The number of anilines is 2. The summed E-state index contributed by atoms with van der Waals surface area (Å²) in [7, 11) is 0. The molecule has 0 saturated heterocycles. The van der Waals surface area contributed by atoms with Crippen molar-refractivity contribution in [2.45, 2.75) is 6.92 Å². The van der Waals surface area contributed by atoms with Gasteiger partial charge in [0.05, 0.1) is 5.51 Å². The van der Waals surface area contributed by atoms with E-state index in [0.29, 0.717) is 10.7 Å². The Morgan fingerprint density at radius 3 is 2.73 bits per heavy atom. The SMILES string of the molecule is Cc1ccc(Nc2ncsc2C#N)cc1. The van der Waals surface area contributed by atoms with Gasteiger partial charge in [-0.2, -0.15) is 5.26 Å². The average molecular weight is 215 g/mol. The standard InChI is InChI=1S/C11H9N3S/c1-8-2-4-9(5-3-8)14-11-10(6-12)15-7-13-11/h2-5,7,14H,1H3. The van der Waals surface area contributed by atoms with Crippen molar-refractivity contribution < 1.29 is 0 Å². The van der Waals surface area contributed by atoms with E-state index in [2.05, 4.69) is 16.4 Å². The monoisotopic (exact) mass is 215 g/mol. The highest BCUT2D eigenvalue weighted by molar-refractivity contribution is 7.10. The predicted molar refractivity (Wildman–Crippen MR) is 61.3 cm³/mol. The van der Waals surface area contributed by atoms with Crippen LogP contribution in [0.15, 0.2) is 29.8 Å². The van der Waals surface area contributed by atoms with Crippen LogP contribution in [0.2, 0.25) is 0 Å². The number of hydrogen-bond acceptors (Lipinski definition) is 4. The van der Waals surface area contributed by atoms with Crippen LogP contribution >= 0.6 is 11.3 Å². The van der Waals surface area contributed by atoms with Crippen LogP contribution in [0.5, 0.6) is 0 Å². The lowest BCUT2D eigenvalue weighted by atomic mass is 10.2. The molecular weight excluding hydrogens is 206 g/mol. The van der Waals surface area contributed by atoms with Crippen LogP contribution in [-0.4, -0.2) is 4.98 Å². The number of nitrogens with zero attached hydrogens (tertiary/aromatic N) is 2. The van der Waals surface area contributed by atoms with E-state index in [1.54, 1.807) is 5.51 Å². The molecule has 0 aliphatic rings. The lowest BCUT2D eigenvalue weighted by Gasteiger charge is -2.03. The summed E-state index contributed by atoms with van der Waals surface area (Å²) in [6.45, 7) is 2.04. The van der Waals surface area contributed by atoms with E-state index in [0.717, 1.165) is 5.69 Å². The second-order valence-corrected chi connectivity index (χ2v) is 3.99. The number of nitrogens with one attached hydrogen (secondary N) is 1. The second kappa shape index (κ2) is 4.11. The number of benzene rings is 1. The fourth-order valence-corrected chi connectivity index (χ4v) is 1.72. The zero-order valence-electron chi connectivity index (χ0n) is 8.19. The smallest absolute Gasteiger partial charge is 0.159 e. The Bertz CT molecular complexity index is 493. The summed E-state index contributed by atoms with van der Waals surface area (Å²) in [6, 6.07) is 10.1. The first-order chi connectivity index (χ1) is 7.29. The lowest BCUT2D eigenvalue weighted by molar-refractivity contribution is 1.36. The molecule has 3 nitrogen and oxygen atoms in total. The van der Waals surface area contributed by atoms with Crippen molar-refractivity contribution in [3.8, 4) is 6.07 Å². The average Bonchev–Trinajstić information content (AvgIpc) is 2.69. The van der Waals surface area contributed by atoms with Crippen LogP contribution in [0.1, 0.15) is 10.4 Å². The molecule has 0 spiro atoms. The molecule has 2 rings (SSSR count). The fourth-order valence-electron chi connectivity index (χ4n) is 1.19. The summed E-state index contributed by atoms with van der Waals surface area (Å²) in [5.74, 6) is 0.631. The molecular formula is C11H9N3S. The largest absolute Gasteiger partial charge is 0.338 e. The fraction of sp³-hybridized carbons (Fsp3) is 0.0909. The summed E-state index contributed by atoms with van der Waals surface area (Å²) in [6.07, 6.45) is 0. The van der Waals surface area contributed by atoms with Crippen LogP contribution in [0.25, 0.3) is 0 Å². The van der Waals surface area contributed by atoms with E-state index < -0.39 is 0 Å². The maximum absolute atomic E-state index is 8.81. The van der Waals surface area contributed by atoms with E-state index in [4.69, 9.17) is 5.26 Å². The van der Waals surface area contributed by atoms with Gasteiger partial charge in [0.15, 0.2) is 5.82 Å². The van der Waals surface area contributed by atoms with E-state index >= 15 is 0 Å². The van der Waals surface area contributed by atoms with Gasteiger partial charge in [-0.3, -0.25) is 0 Å². The lowest BCUT2D eigenvalue weighted by Crippen LogP contribution is -1.91. The van der Waals surface area contributed by atoms with Crippen molar-refractivity contribution in [2.75, 3.05) is 5.32 Å². The summed E-state index contributed by atoms with van der Waals surface area (Å²) >= 11 is 1.34. The Morgan fingerprint density at radius 2 is 2.07 bits per heavy atom. The van der Waals surface area contributed by atoms with Crippen LogP contribution in [0, 0.1) is 18.3 Å². The first-order valence-corrected chi connectivity index (χ1v) is 5.35. The third-order valence-electron chi connectivity index (χ3n) is 1.98. The Balaban J connectivity index is 2.23. The number of thiazole rings is 1. The maximum Gasteiger partial charge on any atom is 0.159 e. The number of aromatic nitrogens is 1. The van der Waals surface area contributed by atoms with Crippen LogP contribution < -0.4 is 5.32 Å². The number of aryl methyl sites for hydroxylation is 1. The summed E-state index contributed by atoms with van der Waals surface area (Å²) in [5, 5.41) is 11.9.